The van der Waals surface area contributed by atoms with Crippen molar-refractivity contribution >= 4 is 44.1 Å². The van der Waals surface area contributed by atoms with Crippen molar-refractivity contribution < 1.29 is 18.0 Å². The minimum absolute atomic E-state index is 0.0516. The maximum atomic E-state index is 12.5. The van der Waals surface area contributed by atoms with Gasteiger partial charge >= 0.3 is 0 Å². The van der Waals surface area contributed by atoms with E-state index in [9.17, 15) is 18.0 Å². The first-order chi connectivity index (χ1) is 15.4. The molecule has 0 aliphatic heterocycles. The van der Waals surface area contributed by atoms with E-state index in [1.165, 1.54) is 35.6 Å². The Labute approximate surface area is 188 Å². The van der Waals surface area contributed by atoms with Crippen molar-refractivity contribution in [3.63, 3.8) is 0 Å². The number of hydrogen-bond donors (Lipinski definition) is 3. The van der Waals surface area contributed by atoms with Gasteiger partial charge in [0.2, 0.25) is 10.0 Å². The number of nitrogens with one attached hydrogen (secondary N) is 3. The van der Waals surface area contributed by atoms with Gasteiger partial charge in [-0.25, -0.2) is 18.1 Å². The number of pyridine rings is 1. The number of para-hydroxylation sites is 1. The van der Waals surface area contributed by atoms with Crippen LogP contribution >= 0.6 is 11.3 Å². The molecule has 8 nitrogen and oxygen atoms in total. The van der Waals surface area contributed by atoms with Crippen LogP contribution in [-0.4, -0.2) is 25.2 Å². The SMILES string of the molecule is O=C(NNC(=O)c1ccc2ccccc2n1)c1cccc(S(=O)(=O)NCc2cccs2)c1. The van der Waals surface area contributed by atoms with Crippen LogP contribution in [0.1, 0.15) is 25.7 Å². The van der Waals surface area contributed by atoms with Gasteiger partial charge in [0.25, 0.3) is 11.8 Å². The third kappa shape index (κ3) is 4.99. The van der Waals surface area contributed by atoms with E-state index in [2.05, 4.69) is 20.6 Å². The lowest BCUT2D eigenvalue weighted by atomic mass is 10.2. The highest BCUT2D eigenvalue weighted by Gasteiger charge is 2.17. The summed E-state index contributed by atoms with van der Waals surface area (Å²) < 4.78 is 27.6. The summed E-state index contributed by atoms with van der Waals surface area (Å²) in [5, 5.41) is 2.75. The second-order valence-electron chi connectivity index (χ2n) is 6.73. The molecule has 0 saturated carbocycles. The molecule has 2 aromatic heterocycles. The predicted molar refractivity (Wildman–Crippen MR) is 121 cm³/mol. The number of carbonyl (C=O) groups is 2. The monoisotopic (exact) mass is 466 g/mol. The van der Waals surface area contributed by atoms with E-state index in [-0.39, 0.29) is 22.7 Å². The van der Waals surface area contributed by atoms with Crippen molar-refractivity contribution in [3.05, 3.63) is 94.3 Å². The Kier molecular flexibility index (Phi) is 6.26. The summed E-state index contributed by atoms with van der Waals surface area (Å²) in [6.45, 7) is 0.158. The van der Waals surface area contributed by atoms with Gasteiger partial charge in [0.05, 0.1) is 10.4 Å². The molecule has 32 heavy (non-hydrogen) atoms. The molecule has 0 spiro atoms. The lowest BCUT2D eigenvalue weighted by molar-refractivity contribution is 0.0844. The van der Waals surface area contributed by atoms with E-state index in [0.717, 1.165) is 10.3 Å². The van der Waals surface area contributed by atoms with Crippen LogP contribution in [0.25, 0.3) is 10.9 Å². The predicted octanol–water partition coefficient (Wildman–Crippen LogP) is 2.85. The average molecular weight is 467 g/mol. The van der Waals surface area contributed by atoms with Crippen LogP contribution in [0.4, 0.5) is 0 Å². The van der Waals surface area contributed by atoms with E-state index in [0.29, 0.717) is 5.52 Å². The number of benzene rings is 2. The summed E-state index contributed by atoms with van der Waals surface area (Å²) >= 11 is 1.44. The van der Waals surface area contributed by atoms with Gasteiger partial charge in [-0.1, -0.05) is 36.4 Å². The lowest BCUT2D eigenvalue weighted by Crippen LogP contribution is -2.42. The third-order valence-electron chi connectivity index (χ3n) is 4.54. The van der Waals surface area contributed by atoms with Crippen molar-refractivity contribution in [2.24, 2.45) is 0 Å². The number of fused-ring (bicyclic) bond motifs is 1. The summed E-state index contributed by atoms with van der Waals surface area (Å²) in [6.07, 6.45) is 0. The molecule has 0 fully saturated rings. The maximum absolute atomic E-state index is 12.5. The number of thiophene rings is 1. The zero-order valence-corrected chi connectivity index (χ0v) is 18.2. The Balaban J connectivity index is 1.41. The quantitative estimate of drug-likeness (QED) is 0.378. The highest BCUT2D eigenvalue weighted by Crippen LogP contribution is 2.14. The topological polar surface area (TPSA) is 117 Å². The molecular formula is C22H18N4O4S2. The van der Waals surface area contributed by atoms with Gasteiger partial charge in [-0.3, -0.25) is 20.4 Å². The number of nitrogens with zero attached hydrogens (tertiary/aromatic N) is 1. The second-order valence-corrected chi connectivity index (χ2v) is 9.53. The van der Waals surface area contributed by atoms with Crippen LogP contribution in [0.15, 0.2) is 83.1 Å². The molecule has 2 amide bonds. The first kappa shape index (κ1) is 21.6. The van der Waals surface area contributed by atoms with E-state index < -0.39 is 21.8 Å². The maximum Gasteiger partial charge on any atom is 0.288 e. The number of carbonyl (C=O) groups excluding carboxylic acids is 2. The minimum Gasteiger partial charge on any atom is -0.267 e. The molecule has 3 N–H and O–H groups in total. The van der Waals surface area contributed by atoms with Crippen molar-refractivity contribution in [2.75, 3.05) is 0 Å². The molecule has 0 aliphatic carbocycles. The molecule has 10 heteroatoms. The van der Waals surface area contributed by atoms with Crippen LogP contribution in [-0.2, 0) is 16.6 Å². The van der Waals surface area contributed by atoms with Gasteiger partial charge in [0.1, 0.15) is 5.69 Å². The van der Waals surface area contributed by atoms with Gasteiger partial charge < -0.3 is 0 Å². The van der Waals surface area contributed by atoms with Crippen LogP contribution < -0.4 is 15.6 Å². The Morgan fingerprint density at radius 2 is 1.69 bits per heavy atom. The Morgan fingerprint density at radius 1 is 0.875 bits per heavy atom. The van der Waals surface area contributed by atoms with E-state index >= 15 is 0 Å². The Hall–Kier alpha value is -3.60. The summed E-state index contributed by atoms with van der Waals surface area (Å²) in [4.78, 5) is 29.9. The largest absolute Gasteiger partial charge is 0.288 e. The Morgan fingerprint density at radius 3 is 2.50 bits per heavy atom. The first-order valence-electron chi connectivity index (χ1n) is 9.51. The van der Waals surface area contributed by atoms with E-state index in [4.69, 9.17) is 0 Å². The van der Waals surface area contributed by atoms with Gasteiger partial charge in [-0.05, 0) is 41.8 Å². The molecular weight excluding hydrogens is 448 g/mol. The van der Waals surface area contributed by atoms with E-state index in [1.54, 1.807) is 18.2 Å². The molecule has 2 aromatic carbocycles. The number of hydrazine groups is 1. The molecule has 0 bridgehead atoms. The number of aromatic nitrogens is 1. The average Bonchev–Trinajstić information content (AvgIpc) is 3.35. The fourth-order valence-electron chi connectivity index (χ4n) is 2.91. The fourth-order valence-corrected chi connectivity index (χ4v) is 4.70. The smallest absolute Gasteiger partial charge is 0.267 e. The second kappa shape index (κ2) is 9.27. The summed E-state index contributed by atoms with van der Waals surface area (Å²) in [6, 6.07) is 19.9. The molecule has 4 rings (SSSR count). The van der Waals surface area contributed by atoms with Crippen molar-refractivity contribution in [2.45, 2.75) is 11.4 Å². The molecule has 0 atom stereocenters. The molecule has 0 saturated heterocycles. The number of amides is 2. The molecule has 0 radical (unpaired) electrons. The van der Waals surface area contributed by atoms with Crippen molar-refractivity contribution in [3.8, 4) is 0 Å². The van der Waals surface area contributed by atoms with Crippen LogP contribution in [0, 0.1) is 0 Å². The summed E-state index contributed by atoms with van der Waals surface area (Å²) in [5.74, 6) is -1.25. The number of sulfonamides is 1. The fraction of sp³-hybridized carbons (Fsp3) is 0.0455. The number of hydrogen-bond acceptors (Lipinski definition) is 6. The summed E-state index contributed by atoms with van der Waals surface area (Å²) in [5.41, 5.74) is 5.45. The van der Waals surface area contributed by atoms with E-state index in [1.807, 2.05) is 35.7 Å². The van der Waals surface area contributed by atoms with Gasteiger partial charge in [0.15, 0.2) is 0 Å². The molecule has 2 heterocycles. The summed E-state index contributed by atoms with van der Waals surface area (Å²) in [7, 11) is -3.81. The normalized spacial score (nSPS) is 11.2. The third-order valence-corrected chi connectivity index (χ3v) is 6.82. The molecule has 0 unspecified atom stereocenters. The van der Waals surface area contributed by atoms with Gasteiger partial charge in [-0.15, -0.1) is 11.3 Å². The Bertz CT molecular complexity index is 1390. The van der Waals surface area contributed by atoms with Crippen LogP contribution in [0.5, 0.6) is 0 Å². The van der Waals surface area contributed by atoms with Crippen LogP contribution in [0.2, 0.25) is 0 Å². The number of rotatable bonds is 6. The first-order valence-corrected chi connectivity index (χ1v) is 11.9. The van der Waals surface area contributed by atoms with Gasteiger partial charge in [-0.2, -0.15) is 0 Å². The molecule has 0 aliphatic rings. The van der Waals surface area contributed by atoms with Crippen molar-refractivity contribution in [1.29, 1.82) is 0 Å². The molecule has 4 aromatic rings. The van der Waals surface area contributed by atoms with Crippen molar-refractivity contribution in [1.82, 2.24) is 20.6 Å². The minimum atomic E-state index is -3.81. The highest BCUT2D eigenvalue weighted by molar-refractivity contribution is 7.89. The standard InChI is InChI=1S/C22H18N4O4S2/c27-21(25-26-22(28)20-11-10-15-5-1-2-9-19(15)24-20)16-6-3-8-18(13-16)32(29,30)23-14-17-7-4-12-31-17/h1-13,23H,14H2,(H,25,27)(H,26,28). The zero-order valence-electron chi connectivity index (χ0n) is 16.6. The zero-order chi connectivity index (χ0) is 22.6. The lowest BCUT2D eigenvalue weighted by Gasteiger charge is -2.10. The molecule has 162 valence electrons. The highest BCUT2D eigenvalue weighted by atomic mass is 32.2. The van der Waals surface area contributed by atoms with Gasteiger partial charge in [0, 0.05) is 22.4 Å². The van der Waals surface area contributed by atoms with Crippen LogP contribution in [0.3, 0.4) is 0 Å².